The van der Waals surface area contributed by atoms with E-state index in [0.29, 0.717) is 17.9 Å². The van der Waals surface area contributed by atoms with Crippen LogP contribution in [-0.4, -0.2) is 17.4 Å². The van der Waals surface area contributed by atoms with Crippen LogP contribution in [0.4, 0.5) is 5.69 Å². The van der Waals surface area contributed by atoms with Gasteiger partial charge >= 0.3 is 0 Å². The van der Waals surface area contributed by atoms with Gasteiger partial charge in [0, 0.05) is 0 Å². The van der Waals surface area contributed by atoms with Crippen LogP contribution in [-0.2, 0) is 4.79 Å². The van der Waals surface area contributed by atoms with Crippen LogP contribution in [0.25, 0.3) is 0 Å². The summed E-state index contributed by atoms with van der Waals surface area (Å²) in [5.41, 5.74) is 0.944. The number of carbonyl (C=O) groups excluding carboxylic acids is 1. The van der Waals surface area contributed by atoms with Crippen LogP contribution >= 0.6 is 23.2 Å². The molecule has 98 valence electrons. The molecule has 0 saturated heterocycles. The summed E-state index contributed by atoms with van der Waals surface area (Å²) in [5, 5.41) is 2.83. The Morgan fingerprint density at radius 3 is 2.56 bits per heavy atom. The summed E-state index contributed by atoms with van der Waals surface area (Å²) < 4.78 is 4.24. The van der Waals surface area contributed by atoms with Crippen molar-refractivity contribution in [3.63, 3.8) is 0 Å². The summed E-state index contributed by atoms with van der Waals surface area (Å²) in [5.74, 6) is 0.435. The Balaban J connectivity index is 2.20. The number of benzene rings is 1. The molecule has 0 heterocycles. The van der Waals surface area contributed by atoms with E-state index >= 15 is 0 Å². The minimum atomic E-state index is -0.964. The molecule has 0 aromatic heterocycles. The summed E-state index contributed by atoms with van der Waals surface area (Å²) in [6, 6.07) is 5.59. The summed E-state index contributed by atoms with van der Waals surface area (Å²) in [6.45, 7) is 3.70. The van der Waals surface area contributed by atoms with Gasteiger partial charge in [0.1, 0.15) is 10.1 Å². The number of nitrogens with one attached hydrogen (secondary N) is 1. The molecule has 18 heavy (non-hydrogen) atoms. The summed E-state index contributed by atoms with van der Waals surface area (Å²) in [4.78, 5) is 12.2. The van der Waals surface area contributed by atoms with Crippen molar-refractivity contribution in [3.8, 4) is 5.75 Å². The van der Waals surface area contributed by atoms with Crippen molar-refractivity contribution in [2.75, 3.05) is 12.4 Å². The second-order valence-corrected chi connectivity index (χ2v) is 6.36. The van der Waals surface area contributed by atoms with Crippen molar-refractivity contribution in [2.24, 2.45) is 5.41 Å². The first kappa shape index (κ1) is 13.5. The molecule has 1 unspecified atom stereocenters. The molecule has 1 aromatic carbocycles. The Kier molecular flexibility index (Phi) is 3.24. The predicted molar refractivity (Wildman–Crippen MR) is 73.5 cm³/mol. The maximum atomic E-state index is 12.2. The molecule has 0 radical (unpaired) electrons. The van der Waals surface area contributed by atoms with E-state index in [4.69, 9.17) is 27.9 Å². The molecule has 3 nitrogen and oxygen atoms in total. The zero-order valence-corrected chi connectivity index (χ0v) is 12.0. The number of amides is 1. The highest BCUT2D eigenvalue weighted by Crippen LogP contribution is 2.64. The van der Waals surface area contributed by atoms with E-state index in [9.17, 15) is 4.79 Å². The van der Waals surface area contributed by atoms with Crippen molar-refractivity contribution in [2.45, 2.75) is 24.6 Å². The minimum Gasteiger partial charge on any atom is -0.495 e. The topological polar surface area (TPSA) is 38.3 Å². The molecule has 1 saturated carbocycles. The first-order valence-corrected chi connectivity index (χ1v) is 6.40. The molecular formula is C13H15Cl2NO2. The first-order valence-electron chi connectivity index (χ1n) is 5.64. The SMILES string of the molecule is COc1ccc(C)cc1NC(=O)C1(C)CC1(Cl)Cl. The third kappa shape index (κ3) is 2.17. The van der Waals surface area contributed by atoms with Gasteiger partial charge in [0.15, 0.2) is 0 Å². The quantitative estimate of drug-likeness (QED) is 0.864. The number of anilines is 1. The molecule has 0 bridgehead atoms. The van der Waals surface area contributed by atoms with Crippen LogP contribution in [0.3, 0.4) is 0 Å². The van der Waals surface area contributed by atoms with Crippen molar-refractivity contribution in [3.05, 3.63) is 23.8 Å². The number of rotatable bonds is 3. The van der Waals surface area contributed by atoms with Crippen molar-refractivity contribution < 1.29 is 9.53 Å². The van der Waals surface area contributed by atoms with Crippen LogP contribution in [0.2, 0.25) is 0 Å². The Hall–Kier alpha value is -0.930. The third-order valence-corrected chi connectivity index (χ3v) is 4.46. The van der Waals surface area contributed by atoms with Crippen LogP contribution in [0.15, 0.2) is 18.2 Å². The van der Waals surface area contributed by atoms with Crippen molar-refractivity contribution >= 4 is 34.8 Å². The van der Waals surface area contributed by atoms with E-state index in [1.165, 1.54) is 0 Å². The maximum Gasteiger partial charge on any atom is 0.233 e. The lowest BCUT2D eigenvalue weighted by Crippen LogP contribution is -2.26. The van der Waals surface area contributed by atoms with Gasteiger partial charge in [0.2, 0.25) is 5.91 Å². The average molecular weight is 288 g/mol. The fourth-order valence-electron chi connectivity index (χ4n) is 1.83. The standard InChI is InChI=1S/C13H15Cl2NO2/c1-8-4-5-10(18-3)9(6-8)16-11(17)12(2)7-13(12,14)15/h4-6H,7H2,1-3H3,(H,16,17). The summed E-state index contributed by atoms with van der Waals surface area (Å²) in [6.07, 6.45) is 0.461. The Morgan fingerprint density at radius 2 is 2.06 bits per heavy atom. The molecule has 1 atom stereocenters. The molecule has 0 aliphatic heterocycles. The minimum absolute atomic E-state index is 0.184. The molecule has 1 aliphatic rings. The van der Waals surface area contributed by atoms with E-state index < -0.39 is 9.75 Å². The lowest BCUT2D eigenvalue weighted by molar-refractivity contribution is -0.120. The second kappa shape index (κ2) is 4.32. The number of hydrogen-bond acceptors (Lipinski definition) is 2. The van der Waals surface area contributed by atoms with Crippen LogP contribution in [0.1, 0.15) is 18.9 Å². The highest BCUT2D eigenvalue weighted by atomic mass is 35.5. The monoisotopic (exact) mass is 287 g/mol. The molecule has 1 fully saturated rings. The fraction of sp³-hybridized carbons (Fsp3) is 0.462. The number of methoxy groups -OCH3 is 1. The Morgan fingerprint density at radius 1 is 1.44 bits per heavy atom. The zero-order chi connectivity index (χ0) is 13.6. The molecule has 1 aliphatic carbocycles. The number of ether oxygens (including phenoxy) is 1. The van der Waals surface area contributed by atoms with Gasteiger partial charge in [-0.05, 0) is 38.0 Å². The smallest absolute Gasteiger partial charge is 0.233 e. The van der Waals surface area contributed by atoms with Crippen molar-refractivity contribution in [1.82, 2.24) is 0 Å². The molecule has 1 amide bonds. The highest BCUT2D eigenvalue weighted by Gasteiger charge is 2.67. The van der Waals surface area contributed by atoms with E-state index in [1.54, 1.807) is 14.0 Å². The summed E-state index contributed by atoms with van der Waals surface area (Å²) >= 11 is 12.0. The Labute approximate surface area is 116 Å². The number of hydrogen-bond donors (Lipinski definition) is 1. The number of alkyl halides is 2. The highest BCUT2D eigenvalue weighted by molar-refractivity contribution is 6.53. The predicted octanol–water partition coefficient (Wildman–Crippen LogP) is 3.53. The van der Waals surface area contributed by atoms with Crippen LogP contribution < -0.4 is 10.1 Å². The van der Waals surface area contributed by atoms with Crippen molar-refractivity contribution in [1.29, 1.82) is 0 Å². The third-order valence-electron chi connectivity index (χ3n) is 3.36. The van der Waals surface area contributed by atoms with Gasteiger partial charge in [-0.2, -0.15) is 0 Å². The van der Waals surface area contributed by atoms with Gasteiger partial charge in [-0.3, -0.25) is 4.79 Å². The van der Waals surface area contributed by atoms with E-state index in [1.807, 2.05) is 25.1 Å². The van der Waals surface area contributed by atoms with E-state index in [-0.39, 0.29) is 5.91 Å². The molecule has 2 rings (SSSR count). The van der Waals surface area contributed by atoms with Gasteiger partial charge in [0.05, 0.1) is 18.2 Å². The number of carbonyl (C=O) groups is 1. The van der Waals surface area contributed by atoms with E-state index in [0.717, 1.165) is 5.56 Å². The molecular weight excluding hydrogens is 273 g/mol. The first-order chi connectivity index (χ1) is 8.30. The second-order valence-electron chi connectivity index (χ2n) is 4.87. The number of aryl methyl sites for hydroxylation is 1. The normalized spacial score (nSPS) is 24.5. The lowest BCUT2D eigenvalue weighted by atomic mass is 10.1. The largest absolute Gasteiger partial charge is 0.495 e. The van der Waals surface area contributed by atoms with Gasteiger partial charge in [0.25, 0.3) is 0 Å². The molecule has 1 aromatic rings. The summed E-state index contributed by atoms with van der Waals surface area (Å²) in [7, 11) is 1.56. The fourth-order valence-corrected chi connectivity index (χ4v) is 2.53. The molecule has 5 heteroatoms. The lowest BCUT2D eigenvalue weighted by Gasteiger charge is -2.15. The van der Waals surface area contributed by atoms with Gasteiger partial charge in [-0.15, -0.1) is 23.2 Å². The Bertz CT molecular complexity index is 502. The zero-order valence-electron chi connectivity index (χ0n) is 10.5. The van der Waals surface area contributed by atoms with E-state index in [2.05, 4.69) is 5.32 Å². The van der Waals surface area contributed by atoms with Crippen LogP contribution in [0.5, 0.6) is 5.75 Å². The average Bonchev–Trinajstić information content (AvgIpc) is 2.80. The molecule has 1 N–H and O–H groups in total. The molecule has 0 spiro atoms. The van der Waals surface area contributed by atoms with Gasteiger partial charge < -0.3 is 10.1 Å². The van der Waals surface area contributed by atoms with Gasteiger partial charge in [-0.1, -0.05) is 6.07 Å². The maximum absolute atomic E-state index is 12.2. The number of halogens is 2. The van der Waals surface area contributed by atoms with Gasteiger partial charge in [-0.25, -0.2) is 0 Å². The van der Waals surface area contributed by atoms with Crippen LogP contribution in [0, 0.1) is 12.3 Å².